The summed E-state index contributed by atoms with van der Waals surface area (Å²) in [6.45, 7) is 1.97. The molecule has 0 unspecified atom stereocenters. The lowest BCUT2D eigenvalue weighted by Gasteiger charge is -2.10. The molecule has 1 amide bonds. The average molecular weight is 430 g/mol. The first-order valence-corrected chi connectivity index (χ1v) is 10.3. The zero-order chi connectivity index (χ0) is 20.8. The van der Waals surface area contributed by atoms with E-state index in [9.17, 15) is 9.59 Å². The van der Waals surface area contributed by atoms with Gasteiger partial charge in [0.05, 0.1) is 20.1 Å². The molecule has 0 saturated heterocycles. The van der Waals surface area contributed by atoms with Crippen molar-refractivity contribution in [1.29, 1.82) is 0 Å². The minimum Gasteiger partial charge on any atom is -0.497 e. The molecule has 0 aliphatic heterocycles. The summed E-state index contributed by atoms with van der Waals surface area (Å²) in [4.78, 5) is 25.2. The molecule has 0 fully saturated rings. The second-order valence-corrected chi connectivity index (χ2v) is 7.41. The second kappa shape index (κ2) is 9.58. The number of esters is 1. The number of ether oxygens (including phenoxy) is 2. The minimum atomic E-state index is -0.497. The first-order chi connectivity index (χ1) is 14.0. The molecule has 3 rings (SSSR count). The van der Waals surface area contributed by atoms with Crippen LogP contribution >= 0.6 is 22.9 Å². The lowest BCUT2D eigenvalue weighted by atomic mass is 10.0. The number of carbonyl (C=O) groups excluding carboxylic acids is 2. The highest BCUT2D eigenvalue weighted by atomic mass is 35.5. The van der Waals surface area contributed by atoms with Crippen molar-refractivity contribution < 1.29 is 19.1 Å². The van der Waals surface area contributed by atoms with E-state index in [1.807, 2.05) is 30.3 Å². The van der Waals surface area contributed by atoms with Crippen LogP contribution in [0.1, 0.15) is 22.8 Å². The van der Waals surface area contributed by atoms with Gasteiger partial charge < -0.3 is 14.8 Å². The number of hydrogen-bond acceptors (Lipinski definition) is 5. The summed E-state index contributed by atoms with van der Waals surface area (Å²) in [6, 6.07) is 14.5. The van der Waals surface area contributed by atoms with Crippen molar-refractivity contribution in [2.75, 3.05) is 19.0 Å². The van der Waals surface area contributed by atoms with Crippen LogP contribution in [0.4, 0.5) is 5.00 Å². The smallest absolute Gasteiger partial charge is 0.341 e. The van der Waals surface area contributed by atoms with Crippen molar-refractivity contribution in [2.24, 2.45) is 0 Å². The predicted molar refractivity (Wildman–Crippen MR) is 116 cm³/mol. The third kappa shape index (κ3) is 4.96. The van der Waals surface area contributed by atoms with Crippen molar-refractivity contribution in [3.8, 4) is 16.9 Å². The first kappa shape index (κ1) is 20.9. The number of thiophene rings is 1. The van der Waals surface area contributed by atoms with Gasteiger partial charge in [-0.3, -0.25) is 4.79 Å². The molecule has 0 radical (unpaired) electrons. The average Bonchev–Trinajstić information content (AvgIpc) is 3.12. The molecule has 0 saturated carbocycles. The molecule has 3 aromatic rings. The molecule has 0 spiro atoms. The van der Waals surface area contributed by atoms with Crippen LogP contribution in [0.15, 0.2) is 53.9 Å². The topological polar surface area (TPSA) is 64.6 Å². The number of nitrogens with one attached hydrogen (secondary N) is 1. The van der Waals surface area contributed by atoms with Gasteiger partial charge in [-0.1, -0.05) is 41.9 Å². The van der Waals surface area contributed by atoms with Crippen molar-refractivity contribution in [1.82, 2.24) is 0 Å². The summed E-state index contributed by atoms with van der Waals surface area (Å²) in [5.74, 6) is -0.00177. The van der Waals surface area contributed by atoms with Gasteiger partial charge in [0.1, 0.15) is 16.3 Å². The van der Waals surface area contributed by atoms with Crippen LogP contribution in [-0.2, 0) is 16.0 Å². The highest BCUT2D eigenvalue weighted by Crippen LogP contribution is 2.39. The Morgan fingerprint density at radius 1 is 1.07 bits per heavy atom. The standard InChI is InChI=1S/C22H20ClNO4S/c1-3-28-22(26)20-17(16-6-4-5-7-18(16)23)13-29-21(20)24-19(25)12-14-8-10-15(27-2)11-9-14/h4-11,13H,3,12H2,1-2H3,(H,24,25). The zero-order valence-corrected chi connectivity index (χ0v) is 17.6. The van der Waals surface area contributed by atoms with Crippen LogP contribution in [0.5, 0.6) is 5.75 Å². The van der Waals surface area contributed by atoms with Crippen LogP contribution in [0, 0.1) is 0 Å². The van der Waals surface area contributed by atoms with Crippen LogP contribution in [0.25, 0.3) is 11.1 Å². The fourth-order valence-corrected chi connectivity index (χ4v) is 4.04. The van der Waals surface area contributed by atoms with Crippen molar-refractivity contribution in [3.63, 3.8) is 0 Å². The van der Waals surface area contributed by atoms with E-state index in [0.29, 0.717) is 26.7 Å². The molecule has 2 aromatic carbocycles. The number of benzene rings is 2. The molecule has 0 bridgehead atoms. The first-order valence-electron chi connectivity index (χ1n) is 8.99. The van der Waals surface area contributed by atoms with E-state index in [4.69, 9.17) is 21.1 Å². The second-order valence-electron chi connectivity index (χ2n) is 6.13. The lowest BCUT2D eigenvalue weighted by molar-refractivity contribution is -0.115. The third-order valence-corrected chi connectivity index (χ3v) is 5.44. The van der Waals surface area contributed by atoms with Crippen LogP contribution in [-0.4, -0.2) is 25.6 Å². The Balaban J connectivity index is 1.87. The molecule has 1 N–H and O–H groups in total. The normalized spacial score (nSPS) is 10.4. The molecule has 0 aliphatic rings. The summed E-state index contributed by atoms with van der Waals surface area (Å²) < 4.78 is 10.3. The molecule has 7 heteroatoms. The SMILES string of the molecule is CCOC(=O)c1c(-c2ccccc2Cl)csc1NC(=O)Cc1ccc(OC)cc1. The molecule has 150 valence electrons. The van der Waals surface area contributed by atoms with E-state index in [1.165, 1.54) is 11.3 Å². The maximum atomic E-state index is 12.6. The molecule has 1 aromatic heterocycles. The van der Waals surface area contributed by atoms with Gasteiger partial charge in [-0.2, -0.15) is 0 Å². The van der Waals surface area contributed by atoms with Crippen LogP contribution in [0.2, 0.25) is 5.02 Å². The molecular formula is C22H20ClNO4S. The lowest BCUT2D eigenvalue weighted by Crippen LogP contribution is -2.16. The number of carbonyl (C=O) groups is 2. The van der Waals surface area contributed by atoms with E-state index in [2.05, 4.69) is 5.32 Å². The van der Waals surface area contributed by atoms with E-state index >= 15 is 0 Å². The quantitative estimate of drug-likeness (QED) is 0.508. The van der Waals surface area contributed by atoms with Gasteiger partial charge in [-0.15, -0.1) is 11.3 Å². The molecule has 0 atom stereocenters. The minimum absolute atomic E-state index is 0.172. The van der Waals surface area contributed by atoms with Gasteiger partial charge in [-0.25, -0.2) is 4.79 Å². The highest BCUT2D eigenvalue weighted by molar-refractivity contribution is 7.15. The van der Waals surface area contributed by atoms with Crippen molar-refractivity contribution in [3.05, 3.63) is 70.1 Å². The van der Waals surface area contributed by atoms with Crippen molar-refractivity contribution in [2.45, 2.75) is 13.3 Å². The molecule has 0 aliphatic carbocycles. The summed E-state index contributed by atoms with van der Waals surface area (Å²) in [5.41, 5.74) is 2.50. The maximum Gasteiger partial charge on any atom is 0.341 e. The Kier molecular flexibility index (Phi) is 6.90. The molecular weight excluding hydrogens is 410 g/mol. The van der Waals surface area contributed by atoms with Gasteiger partial charge in [0.15, 0.2) is 0 Å². The number of rotatable bonds is 7. The molecule has 1 heterocycles. The summed E-state index contributed by atoms with van der Waals surface area (Å²) in [6.07, 6.45) is 0.172. The largest absolute Gasteiger partial charge is 0.497 e. The Hall–Kier alpha value is -2.83. The Morgan fingerprint density at radius 3 is 2.45 bits per heavy atom. The van der Waals surface area contributed by atoms with E-state index in [1.54, 1.807) is 37.6 Å². The highest BCUT2D eigenvalue weighted by Gasteiger charge is 2.23. The van der Waals surface area contributed by atoms with Gasteiger partial charge in [-0.05, 0) is 30.7 Å². The summed E-state index contributed by atoms with van der Waals surface area (Å²) >= 11 is 7.58. The molecule has 5 nitrogen and oxygen atoms in total. The maximum absolute atomic E-state index is 12.6. The summed E-state index contributed by atoms with van der Waals surface area (Å²) in [7, 11) is 1.59. The zero-order valence-electron chi connectivity index (χ0n) is 16.0. The fourth-order valence-electron chi connectivity index (χ4n) is 2.83. The van der Waals surface area contributed by atoms with E-state index in [0.717, 1.165) is 11.3 Å². The fraction of sp³-hybridized carbons (Fsp3) is 0.182. The van der Waals surface area contributed by atoms with E-state index in [-0.39, 0.29) is 18.9 Å². The number of amides is 1. The van der Waals surface area contributed by atoms with Crippen molar-refractivity contribution >= 4 is 39.8 Å². The number of hydrogen-bond donors (Lipinski definition) is 1. The number of anilines is 1. The number of methoxy groups -OCH3 is 1. The Morgan fingerprint density at radius 2 is 1.79 bits per heavy atom. The third-order valence-electron chi connectivity index (χ3n) is 4.21. The Bertz CT molecular complexity index is 1010. The van der Waals surface area contributed by atoms with Gasteiger partial charge in [0, 0.05) is 21.5 Å². The monoisotopic (exact) mass is 429 g/mol. The van der Waals surface area contributed by atoms with Gasteiger partial charge >= 0.3 is 5.97 Å². The predicted octanol–water partition coefficient (Wildman–Crippen LogP) is 5.44. The van der Waals surface area contributed by atoms with Gasteiger partial charge in [0.2, 0.25) is 5.91 Å². The summed E-state index contributed by atoms with van der Waals surface area (Å²) in [5, 5.41) is 5.60. The number of halogens is 1. The molecule has 29 heavy (non-hydrogen) atoms. The van der Waals surface area contributed by atoms with E-state index < -0.39 is 5.97 Å². The van der Waals surface area contributed by atoms with Crippen LogP contribution in [0.3, 0.4) is 0 Å². The Labute approximate surface area is 178 Å². The van der Waals surface area contributed by atoms with Gasteiger partial charge in [0.25, 0.3) is 0 Å². The van der Waals surface area contributed by atoms with Crippen LogP contribution < -0.4 is 10.1 Å².